The zero-order valence-electron chi connectivity index (χ0n) is 18.8. The normalized spacial score (nSPS) is 21.5. The Morgan fingerprint density at radius 3 is 2.70 bits per heavy atom. The first-order chi connectivity index (χ1) is 15.7. The molecule has 4 N–H and O–H groups in total. The first kappa shape index (κ1) is 22.9. The molecule has 174 valence electrons. The SMILES string of the molecule is CCC1(CC)CC(=O)N(Cc2cc(F)cc(C(=O)NC3c4ccccc4C[C@H]3O)c2)C(N)=N1. The average molecular weight is 453 g/mol. The number of aliphatic imine (C=N–C) groups is 1. The van der Waals surface area contributed by atoms with Gasteiger partial charge in [-0.3, -0.25) is 14.5 Å². The summed E-state index contributed by atoms with van der Waals surface area (Å²) >= 11 is 0. The van der Waals surface area contributed by atoms with Gasteiger partial charge in [0.2, 0.25) is 5.91 Å². The second kappa shape index (κ2) is 8.94. The summed E-state index contributed by atoms with van der Waals surface area (Å²) in [4.78, 5) is 31.6. The molecule has 2 amide bonds. The van der Waals surface area contributed by atoms with Crippen molar-refractivity contribution in [3.05, 3.63) is 70.5 Å². The number of nitrogens with one attached hydrogen (secondary N) is 1. The lowest BCUT2D eigenvalue weighted by Crippen LogP contribution is -2.50. The van der Waals surface area contributed by atoms with E-state index in [0.717, 1.165) is 17.2 Å². The van der Waals surface area contributed by atoms with Crippen LogP contribution in [0.25, 0.3) is 0 Å². The van der Waals surface area contributed by atoms with Crippen molar-refractivity contribution in [2.75, 3.05) is 0 Å². The molecule has 0 fully saturated rings. The summed E-state index contributed by atoms with van der Waals surface area (Å²) in [6.07, 6.45) is 1.33. The number of guanidine groups is 1. The van der Waals surface area contributed by atoms with Crippen LogP contribution in [0.3, 0.4) is 0 Å². The molecule has 0 saturated carbocycles. The zero-order valence-corrected chi connectivity index (χ0v) is 18.8. The lowest BCUT2D eigenvalue weighted by molar-refractivity contribution is -0.130. The molecule has 0 radical (unpaired) electrons. The van der Waals surface area contributed by atoms with Crippen molar-refractivity contribution in [1.82, 2.24) is 10.2 Å². The van der Waals surface area contributed by atoms with E-state index in [9.17, 15) is 19.1 Å². The topological polar surface area (TPSA) is 108 Å². The van der Waals surface area contributed by atoms with E-state index < -0.39 is 29.4 Å². The molecule has 1 unspecified atom stereocenters. The summed E-state index contributed by atoms with van der Waals surface area (Å²) in [6.45, 7) is 3.96. The van der Waals surface area contributed by atoms with Crippen LogP contribution in [0.2, 0.25) is 0 Å². The maximum Gasteiger partial charge on any atom is 0.251 e. The standard InChI is InChI=1S/C25H29FN4O3/c1-3-25(4-2)13-21(32)30(24(27)29-25)14-15-9-17(11-18(26)10-15)23(33)28-22-19-8-6-5-7-16(19)12-20(22)31/h5-11,20,22,31H,3-4,12-14H2,1-2H3,(H2,27,29)(H,28,33)/t20-,22?/m1/s1. The molecule has 2 aromatic carbocycles. The number of carbonyl (C=O) groups is 2. The summed E-state index contributed by atoms with van der Waals surface area (Å²) in [6, 6.07) is 10.9. The molecule has 7 nitrogen and oxygen atoms in total. The molecule has 1 heterocycles. The number of aliphatic hydroxyl groups excluding tert-OH is 1. The Hall–Kier alpha value is -3.26. The minimum Gasteiger partial charge on any atom is -0.390 e. The number of benzene rings is 2. The van der Waals surface area contributed by atoms with E-state index in [1.165, 1.54) is 17.0 Å². The first-order valence-electron chi connectivity index (χ1n) is 11.3. The molecule has 2 atom stereocenters. The van der Waals surface area contributed by atoms with Crippen LogP contribution in [0.1, 0.15) is 66.2 Å². The fraction of sp³-hybridized carbons (Fsp3) is 0.400. The predicted octanol–water partition coefficient (Wildman–Crippen LogP) is 2.82. The fourth-order valence-corrected chi connectivity index (χ4v) is 4.70. The molecule has 0 aromatic heterocycles. The van der Waals surface area contributed by atoms with Crippen molar-refractivity contribution < 1.29 is 19.1 Å². The number of nitrogens with two attached hydrogens (primary N) is 1. The molecule has 0 spiro atoms. The van der Waals surface area contributed by atoms with Crippen molar-refractivity contribution in [3.63, 3.8) is 0 Å². The van der Waals surface area contributed by atoms with Gasteiger partial charge >= 0.3 is 0 Å². The van der Waals surface area contributed by atoms with E-state index in [1.54, 1.807) is 0 Å². The monoisotopic (exact) mass is 452 g/mol. The van der Waals surface area contributed by atoms with Gasteiger partial charge in [-0.15, -0.1) is 0 Å². The third-order valence-corrected chi connectivity index (χ3v) is 6.78. The van der Waals surface area contributed by atoms with Gasteiger partial charge in [-0.1, -0.05) is 38.1 Å². The molecule has 1 aliphatic heterocycles. The number of hydrogen-bond donors (Lipinski definition) is 3. The molecule has 2 aromatic rings. The van der Waals surface area contributed by atoms with Gasteiger partial charge in [0, 0.05) is 12.0 Å². The van der Waals surface area contributed by atoms with Crippen LogP contribution < -0.4 is 11.1 Å². The molecule has 2 aliphatic rings. The minimum absolute atomic E-state index is 0.0185. The fourth-order valence-electron chi connectivity index (χ4n) is 4.70. The van der Waals surface area contributed by atoms with Gasteiger partial charge in [0.25, 0.3) is 5.91 Å². The van der Waals surface area contributed by atoms with Crippen LogP contribution in [-0.4, -0.2) is 39.4 Å². The van der Waals surface area contributed by atoms with Crippen LogP contribution in [0.5, 0.6) is 0 Å². The third-order valence-electron chi connectivity index (χ3n) is 6.78. The van der Waals surface area contributed by atoms with Crippen molar-refractivity contribution in [2.24, 2.45) is 10.7 Å². The molecule has 33 heavy (non-hydrogen) atoms. The Labute approximate surface area is 192 Å². The summed E-state index contributed by atoms with van der Waals surface area (Å²) in [5.41, 5.74) is 7.98. The van der Waals surface area contributed by atoms with Crippen LogP contribution in [-0.2, 0) is 17.8 Å². The van der Waals surface area contributed by atoms with Gasteiger partial charge in [-0.05, 0) is 47.7 Å². The first-order valence-corrected chi connectivity index (χ1v) is 11.3. The van der Waals surface area contributed by atoms with Crippen molar-refractivity contribution in [3.8, 4) is 0 Å². The van der Waals surface area contributed by atoms with Gasteiger partial charge < -0.3 is 16.2 Å². The molecule has 0 saturated heterocycles. The van der Waals surface area contributed by atoms with Gasteiger partial charge in [0.1, 0.15) is 5.82 Å². The smallest absolute Gasteiger partial charge is 0.251 e. The van der Waals surface area contributed by atoms with Crippen LogP contribution in [0.4, 0.5) is 4.39 Å². The molecule has 4 rings (SSSR count). The largest absolute Gasteiger partial charge is 0.390 e. The Morgan fingerprint density at radius 2 is 2.00 bits per heavy atom. The van der Waals surface area contributed by atoms with E-state index in [4.69, 9.17) is 5.73 Å². The van der Waals surface area contributed by atoms with Crippen molar-refractivity contribution in [1.29, 1.82) is 0 Å². The number of fused-ring (bicyclic) bond motifs is 1. The van der Waals surface area contributed by atoms with Gasteiger partial charge in [0.15, 0.2) is 5.96 Å². The van der Waals surface area contributed by atoms with Gasteiger partial charge in [0.05, 0.1) is 30.7 Å². The van der Waals surface area contributed by atoms with Crippen LogP contribution in [0, 0.1) is 5.82 Å². The Kier molecular flexibility index (Phi) is 6.21. The lowest BCUT2D eigenvalue weighted by atomic mass is 9.88. The summed E-state index contributed by atoms with van der Waals surface area (Å²) < 4.78 is 14.4. The second-order valence-electron chi connectivity index (χ2n) is 8.83. The Balaban J connectivity index is 1.54. The predicted molar refractivity (Wildman–Crippen MR) is 123 cm³/mol. The molecule has 0 bridgehead atoms. The summed E-state index contributed by atoms with van der Waals surface area (Å²) in [7, 11) is 0. The number of amides is 2. The van der Waals surface area contributed by atoms with Crippen molar-refractivity contribution in [2.45, 2.75) is 63.8 Å². The lowest BCUT2D eigenvalue weighted by Gasteiger charge is -2.36. The number of carbonyl (C=O) groups excluding carboxylic acids is 2. The quantitative estimate of drug-likeness (QED) is 0.626. The number of rotatable bonds is 6. The van der Waals surface area contributed by atoms with E-state index in [2.05, 4.69) is 10.3 Å². The maximum atomic E-state index is 14.4. The molecule has 1 aliphatic carbocycles. The summed E-state index contributed by atoms with van der Waals surface area (Å²) in [5.74, 6) is -1.16. The van der Waals surface area contributed by atoms with E-state index in [-0.39, 0.29) is 30.4 Å². The van der Waals surface area contributed by atoms with E-state index in [0.29, 0.717) is 24.8 Å². The Morgan fingerprint density at radius 1 is 1.27 bits per heavy atom. The number of halogens is 1. The minimum atomic E-state index is -0.751. The number of nitrogens with zero attached hydrogens (tertiary/aromatic N) is 2. The zero-order chi connectivity index (χ0) is 23.8. The van der Waals surface area contributed by atoms with E-state index >= 15 is 0 Å². The van der Waals surface area contributed by atoms with Gasteiger partial charge in [-0.2, -0.15) is 0 Å². The van der Waals surface area contributed by atoms with Crippen LogP contribution >= 0.6 is 0 Å². The highest BCUT2D eigenvalue weighted by Crippen LogP contribution is 2.32. The Bertz CT molecular complexity index is 1110. The summed E-state index contributed by atoms with van der Waals surface area (Å²) in [5, 5.41) is 13.2. The maximum absolute atomic E-state index is 14.4. The highest BCUT2D eigenvalue weighted by Gasteiger charge is 2.37. The van der Waals surface area contributed by atoms with Gasteiger partial charge in [-0.25, -0.2) is 9.38 Å². The number of hydrogen-bond acceptors (Lipinski definition) is 5. The highest BCUT2D eigenvalue weighted by atomic mass is 19.1. The molecule has 8 heteroatoms. The average Bonchev–Trinajstić information content (AvgIpc) is 3.10. The van der Waals surface area contributed by atoms with Crippen molar-refractivity contribution >= 4 is 17.8 Å². The van der Waals surface area contributed by atoms with Crippen LogP contribution in [0.15, 0.2) is 47.5 Å². The van der Waals surface area contributed by atoms with E-state index in [1.807, 2.05) is 38.1 Å². The third kappa shape index (κ3) is 4.48. The molecular weight excluding hydrogens is 423 g/mol. The number of aliphatic hydroxyl groups is 1. The molecular formula is C25H29FN4O3. The highest BCUT2D eigenvalue weighted by molar-refractivity contribution is 5.99. The second-order valence-corrected chi connectivity index (χ2v) is 8.83.